The maximum atomic E-state index is 12.5. The molecule has 1 N–H and O–H groups in total. The zero-order chi connectivity index (χ0) is 17.1. The van der Waals surface area contributed by atoms with Gasteiger partial charge in [0.1, 0.15) is 6.61 Å². The second kappa shape index (κ2) is 6.70. The lowest BCUT2D eigenvalue weighted by Gasteiger charge is -2.03. The topological polar surface area (TPSA) is 77.4 Å². The molecule has 2 heterocycles. The van der Waals surface area contributed by atoms with Crippen LogP contribution in [-0.4, -0.2) is 28.8 Å². The summed E-state index contributed by atoms with van der Waals surface area (Å²) in [6.45, 7) is 2.87. The van der Waals surface area contributed by atoms with Crippen LogP contribution in [0.4, 0.5) is 0 Å². The lowest BCUT2D eigenvalue weighted by atomic mass is 10.1. The molecule has 0 atom stereocenters. The first-order valence-electron chi connectivity index (χ1n) is 7.91. The number of unbranched alkanes of at least 4 members (excludes halogenated alkanes) is 1. The van der Waals surface area contributed by atoms with Crippen molar-refractivity contribution in [2.75, 3.05) is 6.61 Å². The number of carbonyl (C=O) groups excluding carboxylic acids is 3. The van der Waals surface area contributed by atoms with E-state index in [1.54, 1.807) is 6.20 Å². The summed E-state index contributed by atoms with van der Waals surface area (Å²) in [6.07, 6.45) is 4.94. The number of para-hydroxylation sites is 1. The van der Waals surface area contributed by atoms with E-state index in [-0.39, 0.29) is 6.61 Å². The number of fused-ring (bicyclic) bond motifs is 1. The second-order valence-corrected chi connectivity index (χ2v) is 5.67. The number of ether oxygens (including phenoxy) is 1. The Morgan fingerprint density at radius 3 is 2.79 bits per heavy atom. The number of Topliss-reactive ketones (excluding diaryl/α,β-unsaturated/α-hetero) is 1. The van der Waals surface area contributed by atoms with Crippen LogP contribution in [0.2, 0.25) is 0 Å². The molecule has 0 aliphatic carbocycles. The summed E-state index contributed by atoms with van der Waals surface area (Å²) in [5.74, 6) is -1.91. The number of aromatic nitrogens is 1. The molecule has 0 bridgehead atoms. The molecular weight excluding hydrogens is 308 g/mol. The van der Waals surface area contributed by atoms with Crippen LogP contribution in [0.5, 0.6) is 0 Å². The van der Waals surface area contributed by atoms with E-state index in [9.17, 15) is 14.4 Å². The lowest BCUT2D eigenvalue weighted by Crippen LogP contribution is -2.31. The first kappa shape index (κ1) is 16.0. The number of hydrogen-bond donors (Lipinski definition) is 1. The van der Waals surface area contributed by atoms with Crippen LogP contribution in [0.25, 0.3) is 10.9 Å². The predicted molar refractivity (Wildman–Crippen MR) is 88.4 cm³/mol. The van der Waals surface area contributed by atoms with Gasteiger partial charge in [-0.3, -0.25) is 9.59 Å². The van der Waals surface area contributed by atoms with Gasteiger partial charge in [0.05, 0.1) is 11.3 Å². The summed E-state index contributed by atoms with van der Waals surface area (Å²) < 4.78 is 6.71. The minimum absolute atomic E-state index is 0.0177. The summed E-state index contributed by atoms with van der Waals surface area (Å²) in [6, 6.07) is 7.52. The lowest BCUT2D eigenvalue weighted by molar-refractivity contribution is -0.135. The predicted octanol–water partition coefficient (Wildman–Crippen LogP) is 2.18. The summed E-state index contributed by atoms with van der Waals surface area (Å²) in [4.78, 5) is 35.7. The molecule has 2 aromatic rings. The third-order valence-electron chi connectivity index (χ3n) is 3.93. The van der Waals surface area contributed by atoms with Crippen LogP contribution in [-0.2, 0) is 20.9 Å². The molecule has 0 spiro atoms. The number of aryl methyl sites for hydroxylation is 1. The van der Waals surface area contributed by atoms with Crippen molar-refractivity contribution in [1.82, 2.24) is 9.88 Å². The number of rotatable bonds is 6. The van der Waals surface area contributed by atoms with Crippen molar-refractivity contribution >= 4 is 28.6 Å². The summed E-state index contributed by atoms with van der Waals surface area (Å²) in [7, 11) is 0. The fourth-order valence-electron chi connectivity index (χ4n) is 2.71. The van der Waals surface area contributed by atoms with Crippen LogP contribution >= 0.6 is 0 Å². The summed E-state index contributed by atoms with van der Waals surface area (Å²) in [5.41, 5.74) is 1.60. The monoisotopic (exact) mass is 326 g/mol. The van der Waals surface area contributed by atoms with Crippen LogP contribution in [0.1, 0.15) is 30.1 Å². The van der Waals surface area contributed by atoms with E-state index in [0.717, 1.165) is 30.3 Å². The van der Waals surface area contributed by atoms with E-state index >= 15 is 0 Å². The van der Waals surface area contributed by atoms with Crippen molar-refractivity contribution in [2.45, 2.75) is 26.3 Å². The Kier molecular flexibility index (Phi) is 4.46. The Morgan fingerprint density at radius 1 is 1.29 bits per heavy atom. The Balaban J connectivity index is 1.87. The van der Waals surface area contributed by atoms with Crippen molar-refractivity contribution < 1.29 is 19.1 Å². The van der Waals surface area contributed by atoms with Gasteiger partial charge in [0.25, 0.3) is 11.7 Å². The molecule has 0 radical (unpaired) electrons. The van der Waals surface area contributed by atoms with Gasteiger partial charge in [-0.15, -0.1) is 0 Å². The molecule has 0 saturated carbocycles. The Hall–Kier alpha value is -2.89. The molecule has 0 fully saturated rings. The van der Waals surface area contributed by atoms with E-state index in [2.05, 4.69) is 12.2 Å². The van der Waals surface area contributed by atoms with E-state index in [1.807, 2.05) is 28.8 Å². The molecular formula is C18H18N2O4. The molecule has 6 nitrogen and oxygen atoms in total. The average molecular weight is 326 g/mol. The molecule has 0 saturated heterocycles. The fourth-order valence-corrected chi connectivity index (χ4v) is 2.71. The molecule has 6 heteroatoms. The third kappa shape index (κ3) is 3.08. The summed E-state index contributed by atoms with van der Waals surface area (Å²) in [5, 5.41) is 3.19. The van der Waals surface area contributed by atoms with E-state index in [4.69, 9.17) is 4.74 Å². The van der Waals surface area contributed by atoms with Crippen molar-refractivity contribution in [2.24, 2.45) is 0 Å². The molecule has 24 heavy (non-hydrogen) atoms. The average Bonchev–Trinajstić information content (AvgIpc) is 3.16. The number of ketones is 1. The van der Waals surface area contributed by atoms with Crippen molar-refractivity contribution in [3.63, 3.8) is 0 Å². The van der Waals surface area contributed by atoms with Crippen LogP contribution in [0.3, 0.4) is 0 Å². The maximum Gasteiger partial charge on any atom is 0.333 e. The van der Waals surface area contributed by atoms with Gasteiger partial charge in [-0.1, -0.05) is 31.5 Å². The van der Waals surface area contributed by atoms with Crippen molar-refractivity contribution in [3.8, 4) is 0 Å². The molecule has 1 aliphatic rings. The standard InChI is InChI=1S/C18H18N2O4/c1-2-3-8-20-10-14(13-6-4-5-7-15(13)20)17(22)18(23)19-12-9-16(21)24-11-12/h4-7,9-10H,2-3,8,11H2,1H3,(H,19,23). The first-order valence-corrected chi connectivity index (χ1v) is 7.91. The molecule has 1 aromatic carbocycles. The number of nitrogens with zero attached hydrogens (tertiary/aromatic N) is 1. The van der Waals surface area contributed by atoms with Crippen LogP contribution in [0.15, 0.2) is 42.2 Å². The van der Waals surface area contributed by atoms with Gasteiger partial charge in [-0.25, -0.2) is 4.79 Å². The Labute approximate surface area is 139 Å². The summed E-state index contributed by atoms with van der Waals surface area (Å²) >= 11 is 0. The van der Waals surface area contributed by atoms with E-state index < -0.39 is 17.7 Å². The molecule has 124 valence electrons. The minimum Gasteiger partial charge on any atom is -0.456 e. The first-order chi connectivity index (χ1) is 11.6. The number of amides is 1. The van der Waals surface area contributed by atoms with Crippen LogP contribution in [0, 0.1) is 0 Å². The SMILES string of the molecule is CCCCn1cc(C(=O)C(=O)NC2=CC(=O)OC2)c2ccccc21. The molecule has 0 unspecified atom stereocenters. The number of hydrogen-bond acceptors (Lipinski definition) is 4. The largest absolute Gasteiger partial charge is 0.456 e. The van der Waals surface area contributed by atoms with Gasteiger partial charge < -0.3 is 14.6 Å². The smallest absolute Gasteiger partial charge is 0.333 e. The highest BCUT2D eigenvalue weighted by Crippen LogP contribution is 2.22. The van der Waals surface area contributed by atoms with Crippen molar-refractivity contribution in [3.05, 3.63) is 47.8 Å². The van der Waals surface area contributed by atoms with Gasteiger partial charge in [-0.05, 0) is 12.5 Å². The van der Waals surface area contributed by atoms with Gasteiger partial charge in [0.2, 0.25) is 0 Å². The van der Waals surface area contributed by atoms with Crippen molar-refractivity contribution in [1.29, 1.82) is 0 Å². The number of carbonyl (C=O) groups is 3. The van der Waals surface area contributed by atoms with Crippen LogP contribution < -0.4 is 5.32 Å². The number of cyclic esters (lactones) is 1. The third-order valence-corrected chi connectivity index (χ3v) is 3.93. The zero-order valence-corrected chi connectivity index (χ0v) is 13.4. The Morgan fingerprint density at radius 2 is 2.08 bits per heavy atom. The number of esters is 1. The normalized spacial score (nSPS) is 13.7. The van der Waals surface area contributed by atoms with Gasteiger partial charge >= 0.3 is 5.97 Å². The van der Waals surface area contributed by atoms with Gasteiger partial charge in [0.15, 0.2) is 0 Å². The zero-order valence-electron chi connectivity index (χ0n) is 13.4. The number of benzene rings is 1. The maximum absolute atomic E-state index is 12.5. The number of nitrogens with one attached hydrogen (secondary N) is 1. The second-order valence-electron chi connectivity index (χ2n) is 5.67. The highest BCUT2D eigenvalue weighted by Gasteiger charge is 2.24. The molecule has 3 rings (SSSR count). The highest BCUT2D eigenvalue weighted by molar-refractivity contribution is 6.45. The molecule has 1 aromatic heterocycles. The van der Waals surface area contributed by atoms with E-state index in [1.165, 1.54) is 6.08 Å². The van der Waals surface area contributed by atoms with Gasteiger partial charge in [0, 0.05) is 29.7 Å². The molecule has 1 amide bonds. The fraction of sp³-hybridized carbons (Fsp3) is 0.278. The Bertz CT molecular complexity index is 848. The quantitative estimate of drug-likeness (QED) is 0.501. The minimum atomic E-state index is -0.766. The highest BCUT2D eigenvalue weighted by atomic mass is 16.5. The van der Waals surface area contributed by atoms with E-state index in [0.29, 0.717) is 11.3 Å². The molecule has 1 aliphatic heterocycles. The van der Waals surface area contributed by atoms with Gasteiger partial charge in [-0.2, -0.15) is 0 Å².